The van der Waals surface area contributed by atoms with E-state index in [0.717, 1.165) is 18.4 Å². The summed E-state index contributed by atoms with van der Waals surface area (Å²) in [5, 5.41) is 0. The van der Waals surface area contributed by atoms with Crippen molar-refractivity contribution < 1.29 is 9.53 Å². The van der Waals surface area contributed by atoms with Gasteiger partial charge < -0.3 is 4.74 Å². The minimum atomic E-state index is -0.220. The zero-order chi connectivity index (χ0) is 8.97. The van der Waals surface area contributed by atoms with Crippen LogP contribution in [0.4, 0.5) is 0 Å². The molecule has 0 aromatic carbocycles. The Balaban J connectivity index is 2.51. The molecule has 1 atom stereocenters. The SMILES string of the molecule is CC#CC1=CC(OC(C)=O)CC1. The number of hydrogen-bond acceptors (Lipinski definition) is 2. The van der Waals surface area contributed by atoms with Gasteiger partial charge in [0.05, 0.1) is 0 Å². The van der Waals surface area contributed by atoms with Crippen LogP contribution in [-0.2, 0) is 9.53 Å². The first-order valence-electron chi connectivity index (χ1n) is 4.03. The Bertz CT molecular complexity index is 265. The van der Waals surface area contributed by atoms with Gasteiger partial charge in [0.2, 0.25) is 0 Å². The van der Waals surface area contributed by atoms with E-state index in [9.17, 15) is 4.79 Å². The van der Waals surface area contributed by atoms with Crippen LogP contribution >= 0.6 is 0 Å². The lowest BCUT2D eigenvalue weighted by atomic mass is 10.2. The van der Waals surface area contributed by atoms with Crippen molar-refractivity contribution in [2.75, 3.05) is 0 Å². The van der Waals surface area contributed by atoms with Crippen molar-refractivity contribution in [2.24, 2.45) is 0 Å². The second kappa shape index (κ2) is 3.96. The summed E-state index contributed by atoms with van der Waals surface area (Å²) in [6, 6.07) is 0. The summed E-state index contributed by atoms with van der Waals surface area (Å²) < 4.78 is 5.00. The third-order valence-electron chi connectivity index (χ3n) is 1.69. The Morgan fingerprint density at radius 1 is 1.75 bits per heavy atom. The molecule has 0 N–H and O–H groups in total. The van der Waals surface area contributed by atoms with Crippen LogP contribution in [0.3, 0.4) is 0 Å². The molecule has 12 heavy (non-hydrogen) atoms. The molecule has 1 aliphatic carbocycles. The van der Waals surface area contributed by atoms with Crippen LogP contribution in [0.15, 0.2) is 11.6 Å². The predicted molar refractivity (Wildman–Crippen MR) is 46.3 cm³/mol. The molecule has 0 aliphatic heterocycles. The van der Waals surface area contributed by atoms with E-state index in [2.05, 4.69) is 11.8 Å². The van der Waals surface area contributed by atoms with E-state index in [0.29, 0.717) is 0 Å². The molecule has 0 amide bonds. The van der Waals surface area contributed by atoms with Gasteiger partial charge in [-0.15, -0.1) is 5.92 Å². The van der Waals surface area contributed by atoms with Crippen LogP contribution in [0.1, 0.15) is 26.7 Å². The number of esters is 1. The summed E-state index contributed by atoms with van der Waals surface area (Å²) in [4.78, 5) is 10.6. The van der Waals surface area contributed by atoms with Crippen molar-refractivity contribution in [1.82, 2.24) is 0 Å². The van der Waals surface area contributed by atoms with Gasteiger partial charge in [0.1, 0.15) is 6.10 Å². The third kappa shape index (κ3) is 2.43. The molecule has 1 rings (SSSR count). The number of carbonyl (C=O) groups is 1. The molecule has 2 nitrogen and oxygen atoms in total. The Labute approximate surface area is 72.6 Å². The molecule has 0 fully saturated rings. The first-order chi connectivity index (χ1) is 5.72. The van der Waals surface area contributed by atoms with E-state index in [1.54, 1.807) is 6.92 Å². The van der Waals surface area contributed by atoms with Crippen molar-refractivity contribution >= 4 is 5.97 Å². The largest absolute Gasteiger partial charge is 0.458 e. The number of allylic oxidation sites excluding steroid dienone is 1. The maximum atomic E-state index is 10.6. The molecule has 1 aliphatic rings. The van der Waals surface area contributed by atoms with E-state index in [-0.39, 0.29) is 12.1 Å². The zero-order valence-electron chi connectivity index (χ0n) is 7.39. The molecule has 0 aromatic heterocycles. The van der Waals surface area contributed by atoms with Gasteiger partial charge >= 0.3 is 5.97 Å². The summed E-state index contributed by atoms with van der Waals surface area (Å²) in [7, 11) is 0. The molecular formula is C10H12O2. The van der Waals surface area contributed by atoms with Crippen LogP contribution in [0.5, 0.6) is 0 Å². The van der Waals surface area contributed by atoms with E-state index in [1.807, 2.05) is 6.08 Å². The minimum absolute atomic E-state index is 0.0432. The highest BCUT2D eigenvalue weighted by molar-refractivity contribution is 5.66. The smallest absolute Gasteiger partial charge is 0.303 e. The maximum Gasteiger partial charge on any atom is 0.303 e. The van der Waals surface area contributed by atoms with Crippen LogP contribution in [0.25, 0.3) is 0 Å². The van der Waals surface area contributed by atoms with Gasteiger partial charge in [-0.2, -0.15) is 0 Å². The Morgan fingerprint density at radius 3 is 3.08 bits per heavy atom. The monoisotopic (exact) mass is 164 g/mol. The predicted octanol–water partition coefficient (Wildman–Crippen LogP) is 1.66. The standard InChI is InChI=1S/C10H12O2/c1-3-4-9-5-6-10(7-9)12-8(2)11/h7,10H,5-6H2,1-2H3. The third-order valence-corrected chi connectivity index (χ3v) is 1.69. The van der Waals surface area contributed by atoms with Crippen molar-refractivity contribution in [2.45, 2.75) is 32.8 Å². The van der Waals surface area contributed by atoms with Crippen molar-refractivity contribution in [3.05, 3.63) is 11.6 Å². The lowest BCUT2D eigenvalue weighted by Gasteiger charge is -2.05. The quantitative estimate of drug-likeness (QED) is 0.435. The van der Waals surface area contributed by atoms with Crippen LogP contribution in [0, 0.1) is 11.8 Å². The van der Waals surface area contributed by atoms with Gasteiger partial charge in [-0.1, -0.05) is 5.92 Å². The van der Waals surface area contributed by atoms with Gasteiger partial charge in [-0.3, -0.25) is 4.79 Å². The zero-order valence-corrected chi connectivity index (χ0v) is 7.39. The lowest BCUT2D eigenvalue weighted by molar-refractivity contribution is -0.144. The van der Waals surface area contributed by atoms with Gasteiger partial charge in [0, 0.05) is 12.5 Å². The van der Waals surface area contributed by atoms with Crippen molar-refractivity contribution in [3.8, 4) is 11.8 Å². The fourth-order valence-electron chi connectivity index (χ4n) is 1.26. The minimum Gasteiger partial charge on any atom is -0.458 e. The number of rotatable bonds is 1. The molecule has 64 valence electrons. The number of carbonyl (C=O) groups excluding carboxylic acids is 1. The Kier molecular flexibility index (Phi) is 2.93. The van der Waals surface area contributed by atoms with Crippen LogP contribution < -0.4 is 0 Å². The fourth-order valence-corrected chi connectivity index (χ4v) is 1.26. The van der Waals surface area contributed by atoms with Gasteiger partial charge in [0.25, 0.3) is 0 Å². The number of ether oxygens (including phenoxy) is 1. The normalized spacial score (nSPS) is 20.8. The fraction of sp³-hybridized carbons (Fsp3) is 0.500. The molecule has 0 heterocycles. The van der Waals surface area contributed by atoms with E-state index in [4.69, 9.17) is 4.74 Å². The van der Waals surface area contributed by atoms with Crippen molar-refractivity contribution in [3.63, 3.8) is 0 Å². The maximum absolute atomic E-state index is 10.6. The average molecular weight is 164 g/mol. The molecular weight excluding hydrogens is 152 g/mol. The van der Waals surface area contributed by atoms with Crippen LogP contribution in [-0.4, -0.2) is 12.1 Å². The Hall–Kier alpha value is -1.23. The lowest BCUT2D eigenvalue weighted by Crippen LogP contribution is -2.09. The van der Waals surface area contributed by atoms with Gasteiger partial charge in [-0.25, -0.2) is 0 Å². The average Bonchev–Trinajstić information content (AvgIpc) is 2.36. The second-order valence-corrected chi connectivity index (χ2v) is 2.75. The molecule has 0 bridgehead atoms. The molecule has 0 aromatic rings. The summed E-state index contributed by atoms with van der Waals surface area (Å²) in [6.07, 6.45) is 3.69. The first-order valence-corrected chi connectivity index (χ1v) is 4.03. The van der Waals surface area contributed by atoms with E-state index < -0.39 is 0 Å². The highest BCUT2D eigenvalue weighted by atomic mass is 16.5. The molecule has 0 spiro atoms. The summed E-state index contributed by atoms with van der Waals surface area (Å²) in [5.41, 5.74) is 1.09. The van der Waals surface area contributed by atoms with Gasteiger partial charge in [0.15, 0.2) is 0 Å². The number of hydrogen-bond donors (Lipinski definition) is 0. The Morgan fingerprint density at radius 2 is 2.50 bits per heavy atom. The molecule has 0 saturated heterocycles. The molecule has 0 radical (unpaired) electrons. The van der Waals surface area contributed by atoms with Gasteiger partial charge in [-0.05, 0) is 25.8 Å². The summed E-state index contributed by atoms with van der Waals surface area (Å²) in [6.45, 7) is 3.23. The summed E-state index contributed by atoms with van der Waals surface area (Å²) >= 11 is 0. The van der Waals surface area contributed by atoms with Crippen molar-refractivity contribution in [1.29, 1.82) is 0 Å². The topological polar surface area (TPSA) is 26.3 Å². The highest BCUT2D eigenvalue weighted by Crippen LogP contribution is 2.20. The summed E-state index contributed by atoms with van der Waals surface area (Å²) in [5.74, 6) is 5.57. The highest BCUT2D eigenvalue weighted by Gasteiger charge is 2.16. The molecule has 0 saturated carbocycles. The van der Waals surface area contributed by atoms with E-state index in [1.165, 1.54) is 6.92 Å². The van der Waals surface area contributed by atoms with E-state index >= 15 is 0 Å². The second-order valence-electron chi connectivity index (χ2n) is 2.75. The molecule has 1 unspecified atom stereocenters. The first kappa shape index (κ1) is 8.86. The molecule has 2 heteroatoms. The van der Waals surface area contributed by atoms with Crippen LogP contribution in [0.2, 0.25) is 0 Å².